The number of H-pyrrole nitrogens is 1. The van der Waals surface area contributed by atoms with Gasteiger partial charge in [0, 0.05) is 17.5 Å². The quantitative estimate of drug-likeness (QED) is 0.855. The van der Waals surface area contributed by atoms with Gasteiger partial charge >= 0.3 is 0 Å². The number of nitrogens with zero attached hydrogens (tertiary/aromatic N) is 1. The maximum Gasteiger partial charge on any atom is 0.130 e. The van der Waals surface area contributed by atoms with Crippen molar-refractivity contribution < 1.29 is 4.39 Å². The van der Waals surface area contributed by atoms with Gasteiger partial charge in [-0.1, -0.05) is 19.6 Å². The van der Waals surface area contributed by atoms with Gasteiger partial charge in [0.15, 0.2) is 0 Å². The fourth-order valence-corrected chi connectivity index (χ4v) is 1.92. The van der Waals surface area contributed by atoms with Crippen LogP contribution in [0.2, 0.25) is 0 Å². The molecule has 0 bridgehead atoms. The Morgan fingerprint density at radius 2 is 2.24 bits per heavy atom. The van der Waals surface area contributed by atoms with Crippen LogP contribution in [0.3, 0.4) is 0 Å². The van der Waals surface area contributed by atoms with Crippen LogP contribution in [0.25, 0.3) is 17.3 Å². The predicted molar refractivity (Wildman–Crippen MR) is 68.2 cm³/mol. The molecule has 2 rings (SSSR count). The zero-order chi connectivity index (χ0) is 12.4. The lowest BCUT2D eigenvalue weighted by molar-refractivity contribution is 0.624. The molecule has 0 amide bonds. The van der Waals surface area contributed by atoms with Gasteiger partial charge in [0.1, 0.15) is 11.6 Å². The highest BCUT2D eigenvalue weighted by Crippen LogP contribution is 2.26. The standard InChI is InChI=1S/C14H15FN2/c1-4-10-9(3)11(6-7-12(10)15)13-8-16-14(5-2)17-13/h4,6-8H,1,5H2,2-3H3,(H,16,17). The summed E-state index contributed by atoms with van der Waals surface area (Å²) >= 11 is 0. The van der Waals surface area contributed by atoms with Gasteiger partial charge < -0.3 is 4.98 Å². The van der Waals surface area contributed by atoms with Gasteiger partial charge in [0.25, 0.3) is 0 Å². The summed E-state index contributed by atoms with van der Waals surface area (Å²) in [4.78, 5) is 7.48. The number of hydrogen-bond acceptors (Lipinski definition) is 1. The minimum absolute atomic E-state index is 0.239. The molecule has 0 atom stereocenters. The molecule has 1 aromatic carbocycles. The van der Waals surface area contributed by atoms with Crippen LogP contribution in [0, 0.1) is 12.7 Å². The summed E-state index contributed by atoms with van der Waals surface area (Å²) in [5, 5.41) is 0. The van der Waals surface area contributed by atoms with E-state index in [1.165, 1.54) is 6.07 Å². The highest BCUT2D eigenvalue weighted by molar-refractivity contribution is 5.69. The molecule has 0 saturated carbocycles. The van der Waals surface area contributed by atoms with E-state index < -0.39 is 0 Å². The molecular formula is C14H15FN2. The molecule has 3 heteroatoms. The first-order chi connectivity index (χ1) is 8.17. The number of rotatable bonds is 3. The molecule has 2 nitrogen and oxygen atoms in total. The van der Waals surface area contributed by atoms with Crippen LogP contribution < -0.4 is 0 Å². The minimum atomic E-state index is -0.239. The number of nitrogens with one attached hydrogen (secondary N) is 1. The van der Waals surface area contributed by atoms with Crippen LogP contribution in [0.4, 0.5) is 4.39 Å². The largest absolute Gasteiger partial charge is 0.342 e. The number of aromatic nitrogens is 2. The van der Waals surface area contributed by atoms with Crippen LogP contribution in [0.1, 0.15) is 23.9 Å². The Hall–Kier alpha value is -1.90. The molecule has 1 N–H and O–H groups in total. The Morgan fingerprint density at radius 1 is 1.47 bits per heavy atom. The summed E-state index contributed by atoms with van der Waals surface area (Å²) in [6, 6.07) is 3.23. The van der Waals surface area contributed by atoms with Crippen LogP contribution in [0.15, 0.2) is 24.9 Å². The van der Waals surface area contributed by atoms with Crippen molar-refractivity contribution in [2.45, 2.75) is 20.3 Å². The lowest BCUT2D eigenvalue weighted by Gasteiger charge is -2.08. The van der Waals surface area contributed by atoms with Gasteiger partial charge in [-0.2, -0.15) is 0 Å². The third-order valence-electron chi connectivity index (χ3n) is 2.92. The first kappa shape index (κ1) is 11.6. The van der Waals surface area contributed by atoms with Crippen molar-refractivity contribution in [1.82, 2.24) is 9.97 Å². The summed E-state index contributed by atoms with van der Waals surface area (Å²) in [6.45, 7) is 7.57. The highest BCUT2D eigenvalue weighted by Gasteiger charge is 2.10. The van der Waals surface area contributed by atoms with Gasteiger partial charge in [0.2, 0.25) is 0 Å². The van der Waals surface area contributed by atoms with Crippen LogP contribution in [0.5, 0.6) is 0 Å². The van der Waals surface area contributed by atoms with Crippen molar-refractivity contribution in [2.24, 2.45) is 0 Å². The van der Waals surface area contributed by atoms with E-state index in [0.717, 1.165) is 29.1 Å². The van der Waals surface area contributed by atoms with E-state index in [1.807, 2.05) is 13.8 Å². The minimum Gasteiger partial charge on any atom is -0.342 e. The Bertz CT molecular complexity index is 555. The molecule has 0 fully saturated rings. The predicted octanol–water partition coefficient (Wildman–Crippen LogP) is 3.73. The van der Waals surface area contributed by atoms with Gasteiger partial charge in [-0.3, -0.25) is 0 Å². The average molecular weight is 230 g/mol. The summed E-state index contributed by atoms with van der Waals surface area (Å²) in [7, 11) is 0. The maximum absolute atomic E-state index is 13.5. The van der Waals surface area contributed by atoms with E-state index in [9.17, 15) is 4.39 Å². The molecule has 0 unspecified atom stereocenters. The molecule has 0 saturated heterocycles. The fraction of sp³-hybridized carbons (Fsp3) is 0.214. The smallest absolute Gasteiger partial charge is 0.130 e. The molecule has 2 aromatic rings. The molecule has 0 aliphatic rings. The molecule has 88 valence electrons. The van der Waals surface area contributed by atoms with E-state index >= 15 is 0 Å². The summed E-state index contributed by atoms with van der Waals surface area (Å²) < 4.78 is 13.5. The Labute approximate surface area is 100 Å². The fourth-order valence-electron chi connectivity index (χ4n) is 1.92. The third-order valence-corrected chi connectivity index (χ3v) is 2.92. The second-order valence-corrected chi connectivity index (χ2v) is 3.93. The Morgan fingerprint density at radius 3 is 2.82 bits per heavy atom. The van der Waals surface area contributed by atoms with Gasteiger partial charge in [0.05, 0.1) is 11.9 Å². The average Bonchev–Trinajstić information content (AvgIpc) is 2.78. The van der Waals surface area contributed by atoms with Crippen LogP contribution >= 0.6 is 0 Å². The monoisotopic (exact) mass is 230 g/mol. The second-order valence-electron chi connectivity index (χ2n) is 3.93. The molecule has 17 heavy (non-hydrogen) atoms. The lowest BCUT2D eigenvalue weighted by Crippen LogP contribution is -1.92. The second kappa shape index (κ2) is 4.53. The molecule has 0 aliphatic heterocycles. The van der Waals surface area contributed by atoms with Gasteiger partial charge in [-0.15, -0.1) is 0 Å². The summed E-state index contributed by atoms with van der Waals surface area (Å²) in [5.74, 6) is 0.695. The lowest BCUT2D eigenvalue weighted by atomic mass is 10.00. The van der Waals surface area contributed by atoms with E-state index in [4.69, 9.17) is 0 Å². The number of hydrogen-bond donors (Lipinski definition) is 1. The number of benzene rings is 1. The molecular weight excluding hydrogens is 215 g/mol. The van der Waals surface area contributed by atoms with Gasteiger partial charge in [-0.25, -0.2) is 9.37 Å². The number of aryl methyl sites for hydroxylation is 1. The highest BCUT2D eigenvalue weighted by atomic mass is 19.1. The topological polar surface area (TPSA) is 28.7 Å². The van der Waals surface area contributed by atoms with Crippen molar-refractivity contribution in [3.8, 4) is 11.3 Å². The number of halogens is 1. The zero-order valence-corrected chi connectivity index (χ0v) is 10.0. The first-order valence-corrected chi connectivity index (χ1v) is 5.63. The molecule has 0 spiro atoms. The normalized spacial score (nSPS) is 10.5. The zero-order valence-electron chi connectivity index (χ0n) is 10.0. The summed E-state index contributed by atoms with van der Waals surface area (Å²) in [6.07, 6.45) is 4.19. The van der Waals surface area contributed by atoms with Gasteiger partial charge in [-0.05, 0) is 24.6 Å². The van der Waals surface area contributed by atoms with E-state index in [0.29, 0.717) is 5.56 Å². The SMILES string of the molecule is C=Cc1c(F)ccc(-c2cnc(CC)[nH]2)c1C. The van der Waals surface area contributed by atoms with Crippen molar-refractivity contribution in [3.63, 3.8) is 0 Å². The maximum atomic E-state index is 13.5. The van der Waals surface area contributed by atoms with Crippen molar-refractivity contribution in [1.29, 1.82) is 0 Å². The molecule has 1 aromatic heterocycles. The molecule has 1 heterocycles. The molecule has 0 aliphatic carbocycles. The molecule has 0 radical (unpaired) electrons. The van der Waals surface area contributed by atoms with Crippen molar-refractivity contribution in [3.05, 3.63) is 47.7 Å². The van der Waals surface area contributed by atoms with E-state index in [2.05, 4.69) is 16.5 Å². The third kappa shape index (κ3) is 2.00. The van der Waals surface area contributed by atoms with E-state index in [-0.39, 0.29) is 5.82 Å². The van der Waals surface area contributed by atoms with Crippen molar-refractivity contribution in [2.75, 3.05) is 0 Å². The van der Waals surface area contributed by atoms with Crippen LogP contribution in [-0.4, -0.2) is 9.97 Å². The van der Waals surface area contributed by atoms with E-state index in [1.54, 1.807) is 18.3 Å². The Kier molecular flexibility index (Phi) is 3.09. The summed E-state index contributed by atoms with van der Waals surface area (Å²) in [5.41, 5.74) is 3.32. The first-order valence-electron chi connectivity index (χ1n) is 5.63. The van der Waals surface area contributed by atoms with Crippen LogP contribution in [-0.2, 0) is 6.42 Å². The Balaban J connectivity index is 2.56. The number of aromatic amines is 1. The number of imidazole rings is 1. The van der Waals surface area contributed by atoms with Crippen molar-refractivity contribution >= 4 is 6.08 Å².